The van der Waals surface area contributed by atoms with Gasteiger partial charge in [-0.15, -0.1) is 0 Å². The monoisotopic (exact) mass is 668 g/mol. The van der Waals surface area contributed by atoms with Gasteiger partial charge < -0.3 is 20.4 Å². The average Bonchev–Trinajstić information content (AvgIpc) is 3.12. The summed E-state index contributed by atoms with van der Waals surface area (Å²) in [7, 11) is 3.36. The van der Waals surface area contributed by atoms with E-state index in [0.717, 1.165) is 0 Å². The van der Waals surface area contributed by atoms with E-state index in [2.05, 4.69) is 20.5 Å². The number of benzene rings is 2. The first kappa shape index (κ1) is 35.9. The molecule has 1 saturated heterocycles. The van der Waals surface area contributed by atoms with Crippen LogP contribution in [0.5, 0.6) is 0 Å². The number of anilines is 1. The van der Waals surface area contributed by atoms with Crippen molar-refractivity contribution in [2.45, 2.75) is 44.2 Å². The van der Waals surface area contributed by atoms with Crippen LogP contribution < -0.4 is 15.5 Å². The van der Waals surface area contributed by atoms with Crippen molar-refractivity contribution >= 4 is 29.1 Å². The molecule has 4 rings (SSSR count). The fourth-order valence-electron chi connectivity index (χ4n) is 5.68. The number of halogens is 6. The lowest BCUT2D eigenvalue weighted by atomic mass is 9.83. The van der Waals surface area contributed by atoms with Crippen LogP contribution in [0, 0.1) is 11.8 Å². The molecule has 47 heavy (non-hydrogen) atoms. The molecule has 2 heterocycles. The SMILES string of the molecule is CN1CCN(CNC(=O)[C@H](CCC(F)(F)F)[C@H](CCC(F)(F)F)C(=O)N[C@H]2N=C(c3ccccc3)c3ccccc3N(C)C2=O)CC1. The van der Waals surface area contributed by atoms with Crippen molar-refractivity contribution in [2.24, 2.45) is 16.8 Å². The summed E-state index contributed by atoms with van der Waals surface area (Å²) in [6.07, 6.45) is -16.0. The molecular weight excluding hydrogens is 630 g/mol. The number of para-hydroxylation sites is 1. The van der Waals surface area contributed by atoms with Gasteiger partial charge in [-0.2, -0.15) is 26.3 Å². The number of hydrogen-bond donors (Lipinski definition) is 2. The molecule has 1 fully saturated rings. The van der Waals surface area contributed by atoms with Crippen molar-refractivity contribution in [3.63, 3.8) is 0 Å². The topological polar surface area (TPSA) is 97.3 Å². The molecule has 15 heteroatoms. The molecule has 3 amide bonds. The molecule has 2 N–H and O–H groups in total. The largest absolute Gasteiger partial charge is 0.389 e. The maximum absolute atomic E-state index is 13.8. The Morgan fingerprint density at radius 3 is 1.98 bits per heavy atom. The Labute approximate surface area is 269 Å². The Bertz CT molecular complexity index is 1430. The lowest BCUT2D eigenvalue weighted by molar-refractivity contribution is -0.153. The van der Waals surface area contributed by atoms with E-state index >= 15 is 0 Å². The predicted octanol–water partition coefficient (Wildman–Crippen LogP) is 4.18. The minimum Gasteiger partial charge on any atom is -0.343 e. The Morgan fingerprint density at radius 2 is 1.38 bits per heavy atom. The van der Waals surface area contributed by atoms with Crippen LogP contribution in [0.4, 0.5) is 32.0 Å². The van der Waals surface area contributed by atoms with Crippen LogP contribution in [0.15, 0.2) is 59.6 Å². The zero-order valence-electron chi connectivity index (χ0n) is 26.1. The van der Waals surface area contributed by atoms with Crippen LogP contribution in [-0.2, 0) is 14.4 Å². The highest BCUT2D eigenvalue weighted by Gasteiger charge is 2.42. The number of benzodiazepines with no additional fused rings is 1. The van der Waals surface area contributed by atoms with Gasteiger partial charge in [0.25, 0.3) is 5.91 Å². The van der Waals surface area contributed by atoms with Gasteiger partial charge in [-0.1, -0.05) is 48.5 Å². The molecule has 0 aromatic heterocycles. The minimum absolute atomic E-state index is 0.0440. The van der Waals surface area contributed by atoms with E-state index < -0.39 is 73.8 Å². The second-order valence-corrected chi connectivity index (χ2v) is 11.8. The molecule has 256 valence electrons. The Hall–Kier alpha value is -3.98. The summed E-state index contributed by atoms with van der Waals surface area (Å²) in [5.74, 6) is -6.48. The number of likely N-dealkylation sites (N-methyl/N-ethyl adjacent to an activating group) is 2. The lowest BCUT2D eigenvalue weighted by Gasteiger charge is -2.33. The smallest absolute Gasteiger partial charge is 0.343 e. The van der Waals surface area contributed by atoms with E-state index in [1.165, 1.54) is 11.9 Å². The summed E-state index contributed by atoms with van der Waals surface area (Å²) in [6, 6.07) is 15.5. The van der Waals surface area contributed by atoms with E-state index in [1.54, 1.807) is 54.6 Å². The third-order valence-electron chi connectivity index (χ3n) is 8.38. The van der Waals surface area contributed by atoms with Crippen molar-refractivity contribution in [2.75, 3.05) is 51.8 Å². The minimum atomic E-state index is -4.76. The number of piperazine rings is 1. The lowest BCUT2D eigenvalue weighted by Crippen LogP contribution is -2.52. The first-order valence-electron chi connectivity index (χ1n) is 15.3. The maximum Gasteiger partial charge on any atom is 0.389 e. The van der Waals surface area contributed by atoms with Crippen molar-refractivity contribution in [3.05, 3.63) is 65.7 Å². The standard InChI is InChI=1S/C32H38F6N6O3/c1-42-16-18-44(19-17-42)20-39-28(45)22(12-14-31(33,34)35)23(13-15-32(36,37)38)29(46)41-27-30(47)43(2)25-11-7-6-10-24(25)26(40-27)21-8-4-3-5-9-21/h3-11,22-23,27H,12-20H2,1-2H3,(H,39,45)(H,41,46)/t22-,23+,27-/m1/s1. The second-order valence-electron chi connectivity index (χ2n) is 11.8. The summed E-state index contributed by atoms with van der Waals surface area (Å²) in [5.41, 5.74) is 1.90. The molecule has 2 aromatic rings. The van der Waals surface area contributed by atoms with E-state index in [4.69, 9.17) is 0 Å². The molecule has 3 atom stereocenters. The molecule has 0 spiro atoms. The van der Waals surface area contributed by atoms with Crippen molar-refractivity contribution < 1.29 is 40.7 Å². The van der Waals surface area contributed by atoms with Gasteiger partial charge in [0.1, 0.15) is 0 Å². The molecule has 0 bridgehead atoms. The molecule has 9 nitrogen and oxygen atoms in total. The molecule has 2 aliphatic heterocycles. The van der Waals surface area contributed by atoms with Crippen molar-refractivity contribution in [1.29, 1.82) is 0 Å². The Balaban J connectivity index is 1.66. The molecule has 2 aliphatic rings. The van der Waals surface area contributed by atoms with Gasteiger partial charge in [0.2, 0.25) is 18.0 Å². The van der Waals surface area contributed by atoms with E-state index in [9.17, 15) is 40.7 Å². The fraction of sp³-hybridized carbons (Fsp3) is 0.500. The highest BCUT2D eigenvalue weighted by atomic mass is 19.4. The molecule has 2 aromatic carbocycles. The van der Waals surface area contributed by atoms with Crippen LogP contribution in [-0.4, -0.2) is 98.7 Å². The quantitative estimate of drug-likeness (QED) is 0.351. The van der Waals surface area contributed by atoms with Gasteiger partial charge in [0.05, 0.1) is 18.1 Å². The normalized spacial score (nSPS) is 19.3. The summed E-state index contributed by atoms with van der Waals surface area (Å²) < 4.78 is 80.5. The summed E-state index contributed by atoms with van der Waals surface area (Å²) in [4.78, 5) is 50.5. The van der Waals surface area contributed by atoms with Gasteiger partial charge in [-0.3, -0.25) is 19.3 Å². The zero-order chi connectivity index (χ0) is 34.4. The number of rotatable bonds is 11. The van der Waals surface area contributed by atoms with Crippen LogP contribution in [0.3, 0.4) is 0 Å². The van der Waals surface area contributed by atoms with Gasteiger partial charge in [0.15, 0.2) is 0 Å². The first-order valence-corrected chi connectivity index (χ1v) is 15.3. The van der Waals surface area contributed by atoms with E-state index in [-0.39, 0.29) is 6.67 Å². The number of alkyl halides is 6. The highest BCUT2D eigenvalue weighted by Crippen LogP contribution is 2.33. The summed E-state index contributed by atoms with van der Waals surface area (Å²) in [6.45, 7) is 2.44. The van der Waals surface area contributed by atoms with Crippen molar-refractivity contribution in [1.82, 2.24) is 20.4 Å². The Kier molecular flexibility index (Phi) is 11.7. The maximum atomic E-state index is 13.8. The van der Waals surface area contributed by atoms with E-state index in [1.807, 2.05) is 11.9 Å². The summed E-state index contributed by atoms with van der Waals surface area (Å²) >= 11 is 0. The Morgan fingerprint density at radius 1 is 0.830 bits per heavy atom. The third kappa shape index (κ3) is 10.0. The van der Waals surface area contributed by atoms with Crippen LogP contribution in [0.2, 0.25) is 0 Å². The zero-order valence-corrected chi connectivity index (χ0v) is 26.1. The molecule has 0 unspecified atom stereocenters. The second kappa shape index (κ2) is 15.3. The van der Waals surface area contributed by atoms with Crippen molar-refractivity contribution in [3.8, 4) is 0 Å². The van der Waals surface area contributed by atoms with Gasteiger partial charge in [0, 0.05) is 69.0 Å². The molecular formula is C32H38F6N6O3. The molecule has 0 radical (unpaired) electrons. The number of nitrogens with zero attached hydrogens (tertiary/aromatic N) is 4. The number of fused-ring (bicyclic) bond motifs is 1. The molecule has 0 aliphatic carbocycles. The van der Waals surface area contributed by atoms with Gasteiger partial charge >= 0.3 is 12.4 Å². The number of carbonyl (C=O) groups excluding carboxylic acids is 3. The van der Waals surface area contributed by atoms with Crippen LogP contribution in [0.25, 0.3) is 0 Å². The van der Waals surface area contributed by atoms with E-state index in [0.29, 0.717) is 48.7 Å². The number of amides is 3. The van der Waals surface area contributed by atoms with Gasteiger partial charge in [-0.05, 0) is 26.0 Å². The summed E-state index contributed by atoms with van der Waals surface area (Å²) in [5, 5.41) is 4.93. The average molecular weight is 669 g/mol. The van der Waals surface area contributed by atoms with Gasteiger partial charge in [-0.25, -0.2) is 4.99 Å². The predicted molar refractivity (Wildman–Crippen MR) is 164 cm³/mol. The number of aliphatic imine (C=N–C) groups is 1. The highest BCUT2D eigenvalue weighted by molar-refractivity contribution is 6.20. The van der Waals surface area contributed by atoms with Crippen LogP contribution >= 0.6 is 0 Å². The fourth-order valence-corrected chi connectivity index (χ4v) is 5.68. The third-order valence-corrected chi connectivity index (χ3v) is 8.38. The van der Waals surface area contributed by atoms with Crippen LogP contribution in [0.1, 0.15) is 36.8 Å². The number of carbonyl (C=O) groups is 3. The number of nitrogens with one attached hydrogen (secondary N) is 2. The number of hydrogen-bond acceptors (Lipinski definition) is 6. The molecule has 0 saturated carbocycles. The first-order chi connectivity index (χ1) is 22.1.